The van der Waals surface area contributed by atoms with E-state index in [2.05, 4.69) is 48.5 Å². The summed E-state index contributed by atoms with van der Waals surface area (Å²) >= 11 is 0. The van der Waals surface area contributed by atoms with Gasteiger partial charge in [-0.3, -0.25) is 34.8 Å². The van der Waals surface area contributed by atoms with Gasteiger partial charge in [0.25, 0.3) is 5.91 Å². The summed E-state index contributed by atoms with van der Waals surface area (Å²) in [5, 5.41) is 3.43. The molecule has 0 bridgehead atoms. The number of fused-ring (bicyclic) bond motifs is 1. The molecule has 0 radical (unpaired) electrons. The average molecular weight is 809 g/mol. The fourth-order valence-electron chi connectivity index (χ4n) is 6.54. The van der Waals surface area contributed by atoms with E-state index in [9.17, 15) is 24.0 Å². The number of amides is 4. The molecule has 3 aromatic carbocycles. The van der Waals surface area contributed by atoms with Gasteiger partial charge in [-0.05, 0) is 74.3 Å². The van der Waals surface area contributed by atoms with Crippen molar-refractivity contribution in [1.82, 2.24) is 25.5 Å². The first-order valence-corrected chi connectivity index (χ1v) is 20.9. The number of para-hydroxylation sites is 1. The predicted molar refractivity (Wildman–Crippen MR) is 238 cm³/mol. The first kappa shape index (κ1) is 47.5. The molecule has 4 N–H and O–H groups in total. The topological polar surface area (TPSA) is 153 Å². The third kappa shape index (κ3) is 15.4. The van der Waals surface area contributed by atoms with Crippen molar-refractivity contribution in [3.05, 3.63) is 108 Å². The number of benzene rings is 3. The molecule has 3 heterocycles. The Morgan fingerprint density at radius 3 is 2.10 bits per heavy atom. The smallest absolute Gasteiger partial charge is 0.261 e. The highest BCUT2D eigenvalue weighted by molar-refractivity contribution is 5.93. The molecule has 2 aliphatic heterocycles. The van der Waals surface area contributed by atoms with Gasteiger partial charge in [0.15, 0.2) is 5.43 Å². The van der Waals surface area contributed by atoms with Crippen LogP contribution in [0.3, 0.4) is 0 Å². The van der Waals surface area contributed by atoms with E-state index in [1.54, 1.807) is 48.4 Å². The minimum Gasteiger partial charge on any atom is -0.497 e. The van der Waals surface area contributed by atoms with E-state index in [1.807, 2.05) is 73.3 Å². The van der Waals surface area contributed by atoms with Crippen molar-refractivity contribution in [2.45, 2.75) is 98.1 Å². The van der Waals surface area contributed by atoms with E-state index in [4.69, 9.17) is 4.74 Å². The molecule has 2 aliphatic rings. The Balaban J connectivity index is 0.000000311. The highest BCUT2D eigenvalue weighted by Gasteiger charge is 2.35. The standard InChI is InChI=1S/C25H35N5O4.C16H13NO2.C4H10.C2H6/c1-2-10-20(24(33)28-27-19-11-5-3-6-12-19)26-25(34)21-13-9-18-30(21)23(32)15-14-22(31)29-16-7-4-8-17-29;1-19-12-7-8-13-15(9-12)17-14(10-16(13)18)11-5-3-2-4-6-11;1-4(2)3;1-2/h2-3,5-6,11-12,20-21,27H,1,4,7-10,13-18H2,(H,26,34)(H,28,33);2-10H,1H3,(H,17,18);4H,1-3H3;1-2H3/t20-,21+;;;/m1.../s1. The summed E-state index contributed by atoms with van der Waals surface area (Å²) in [5.74, 6) is 0.601. The number of pyridine rings is 1. The van der Waals surface area contributed by atoms with Crippen LogP contribution in [0.15, 0.2) is 102 Å². The SMILES string of the molecule is C=CC[C@@H](NC(=O)[C@@H]1CCCN1C(=O)CCC(=O)N1CCCCC1)C(=O)NNc1ccccc1.CC.CC(C)C.COc1ccc2c(=O)cc(-c3ccccc3)[nH]c2c1. The summed E-state index contributed by atoms with van der Waals surface area (Å²) in [5.41, 5.74) is 8.73. The van der Waals surface area contributed by atoms with Gasteiger partial charge in [0.1, 0.15) is 17.8 Å². The molecule has 59 heavy (non-hydrogen) atoms. The minimum atomic E-state index is -0.820. The van der Waals surface area contributed by atoms with E-state index in [0.29, 0.717) is 30.5 Å². The van der Waals surface area contributed by atoms with E-state index in [0.717, 1.165) is 60.8 Å². The summed E-state index contributed by atoms with van der Waals surface area (Å²) in [6.07, 6.45) is 6.46. The predicted octanol–water partition coefficient (Wildman–Crippen LogP) is 7.87. The number of likely N-dealkylation sites (tertiary alicyclic amines) is 2. The molecule has 0 unspecified atom stereocenters. The van der Waals surface area contributed by atoms with Crippen molar-refractivity contribution in [1.29, 1.82) is 0 Å². The van der Waals surface area contributed by atoms with Crippen LogP contribution in [0.5, 0.6) is 5.75 Å². The summed E-state index contributed by atoms with van der Waals surface area (Å²) < 4.78 is 5.19. The highest BCUT2D eigenvalue weighted by Crippen LogP contribution is 2.22. The number of hydrogen-bond donors (Lipinski definition) is 4. The van der Waals surface area contributed by atoms with Crippen molar-refractivity contribution in [3.8, 4) is 17.0 Å². The number of carbonyl (C=O) groups is 4. The zero-order valence-electron chi connectivity index (χ0n) is 35.7. The zero-order chi connectivity index (χ0) is 43.2. The Labute approximate surface area is 349 Å². The van der Waals surface area contributed by atoms with Crippen LogP contribution in [0.2, 0.25) is 0 Å². The van der Waals surface area contributed by atoms with Crippen LogP contribution in [-0.4, -0.2) is 77.2 Å². The van der Waals surface area contributed by atoms with Crippen LogP contribution in [0.4, 0.5) is 5.69 Å². The van der Waals surface area contributed by atoms with Crippen molar-refractivity contribution in [2.24, 2.45) is 5.92 Å². The molecule has 12 heteroatoms. The van der Waals surface area contributed by atoms with Crippen molar-refractivity contribution in [2.75, 3.05) is 32.2 Å². The lowest BCUT2D eigenvalue weighted by atomic mass is 10.1. The largest absolute Gasteiger partial charge is 0.497 e. The maximum atomic E-state index is 13.0. The third-order valence-corrected chi connectivity index (χ3v) is 9.40. The van der Waals surface area contributed by atoms with Crippen LogP contribution in [0.1, 0.15) is 86.0 Å². The quantitative estimate of drug-likeness (QED) is 0.0840. The second kappa shape index (κ2) is 25.5. The molecule has 0 spiro atoms. The zero-order valence-corrected chi connectivity index (χ0v) is 35.7. The van der Waals surface area contributed by atoms with Crippen LogP contribution >= 0.6 is 0 Å². The lowest BCUT2D eigenvalue weighted by Crippen LogP contribution is -2.53. The fourth-order valence-corrected chi connectivity index (χ4v) is 6.54. The number of anilines is 1. The van der Waals surface area contributed by atoms with Gasteiger partial charge in [0.05, 0.1) is 18.3 Å². The third-order valence-electron chi connectivity index (χ3n) is 9.40. The van der Waals surface area contributed by atoms with E-state index >= 15 is 0 Å². The number of carbonyl (C=O) groups excluding carboxylic acids is 4. The Morgan fingerprint density at radius 1 is 0.847 bits per heavy atom. The number of ether oxygens (including phenoxy) is 1. The molecular formula is C47H64N6O6. The van der Waals surface area contributed by atoms with E-state index in [1.165, 1.54) is 0 Å². The van der Waals surface area contributed by atoms with Gasteiger partial charge < -0.3 is 24.8 Å². The molecule has 2 saturated heterocycles. The number of nitrogens with one attached hydrogen (secondary N) is 4. The molecule has 2 atom stereocenters. The van der Waals surface area contributed by atoms with Crippen LogP contribution in [0, 0.1) is 5.92 Å². The molecule has 2 fully saturated rings. The number of methoxy groups -OCH3 is 1. The summed E-state index contributed by atoms with van der Waals surface area (Å²) in [6, 6.07) is 24.5. The molecule has 318 valence electrons. The van der Waals surface area contributed by atoms with Gasteiger partial charge >= 0.3 is 0 Å². The Bertz CT molecular complexity index is 1970. The highest BCUT2D eigenvalue weighted by atomic mass is 16.5. The van der Waals surface area contributed by atoms with Crippen molar-refractivity contribution >= 4 is 40.2 Å². The first-order chi connectivity index (χ1) is 28.5. The average Bonchev–Trinajstić information content (AvgIpc) is 3.77. The first-order valence-electron chi connectivity index (χ1n) is 20.9. The minimum absolute atomic E-state index is 0.00174. The van der Waals surface area contributed by atoms with Crippen LogP contribution in [-0.2, 0) is 19.2 Å². The summed E-state index contributed by atoms with van der Waals surface area (Å²) in [7, 11) is 1.61. The summed E-state index contributed by atoms with van der Waals surface area (Å²) in [4.78, 5) is 69.6. The number of aromatic amines is 1. The molecule has 0 saturated carbocycles. The Morgan fingerprint density at radius 2 is 1.47 bits per heavy atom. The maximum Gasteiger partial charge on any atom is 0.261 e. The molecular weight excluding hydrogens is 745 g/mol. The van der Waals surface area contributed by atoms with E-state index < -0.39 is 18.0 Å². The normalized spacial score (nSPS) is 14.9. The molecule has 0 aliphatic carbocycles. The van der Waals surface area contributed by atoms with Crippen LogP contribution < -0.4 is 26.3 Å². The van der Waals surface area contributed by atoms with Gasteiger partial charge in [-0.2, -0.15) is 0 Å². The lowest BCUT2D eigenvalue weighted by Gasteiger charge is -2.28. The van der Waals surface area contributed by atoms with Crippen molar-refractivity contribution < 1.29 is 23.9 Å². The number of rotatable bonds is 12. The van der Waals surface area contributed by atoms with E-state index in [-0.39, 0.29) is 42.4 Å². The van der Waals surface area contributed by atoms with Gasteiger partial charge in [-0.15, -0.1) is 6.58 Å². The Kier molecular flexibility index (Phi) is 20.5. The molecule has 1 aromatic heterocycles. The monoisotopic (exact) mass is 808 g/mol. The number of hydrogen-bond acceptors (Lipinski definition) is 7. The lowest BCUT2D eigenvalue weighted by molar-refractivity contribution is -0.141. The molecule has 12 nitrogen and oxygen atoms in total. The van der Waals surface area contributed by atoms with Gasteiger partial charge in [0.2, 0.25) is 17.7 Å². The number of nitrogens with zero attached hydrogens (tertiary/aromatic N) is 2. The molecule has 4 amide bonds. The van der Waals surface area contributed by atoms with Crippen LogP contribution in [0.25, 0.3) is 22.2 Å². The molecule has 4 aromatic rings. The molecule has 6 rings (SSSR count). The van der Waals surface area contributed by atoms with Gasteiger partial charge in [-0.25, -0.2) is 0 Å². The number of hydrazine groups is 1. The van der Waals surface area contributed by atoms with Gasteiger partial charge in [-0.1, -0.05) is 89.2 Å². The van der Waals surface area contributed by atoms with Crippen molar-refractivity contribution in [3.63, 3.8) is 0 Å². The number of H-pyrrole nitrogens is 1. The Hall–Kier alpha value is -5.91. The number of aromatic nitrogens is 1. The fraction of sp³-hybridized carbons (Fsp3) is 0.426. The second-order valence-electron chi connectivity index (χ2n) is 14.8. The maximum absolute atomic E-state index is 13.0. The van der Waals surface area contributed by atoms with Gasteiger partial charge in [0, 0.05) is 55.7 Å². The second-order valence-corrected chi connectivity index (χ2v) is 14.8. The number of piperidine rings is 1. The summed E-state index contributed by atoms with van der Waals surface area (Å²) in [6.45, 7) is 16.2.